The Morgan fingerprint density at radius 3 is 2.52 bits per heavy atom. The van der Waals surface area contributed by atoms with Crippen LogP contribution >= 0.6 is 0 Å². The first-order chi connectivity index (χ1) is 11.1. The van der Waals surface area contributed by atoms with Crippen molar-refractivity contribution in [3.8, 4) is 5.69 Å². The zero-order valence-corrected chi connectivity index (χ0v) is 13.3. The molecule has 0 aliphatic heterocycles. The summed E-state index contributed by atoms with van der Waals surface area (Å²) in [6, 6.07) is 15.5. The summed E-state index contributed by atoms with van der Waals surface area (Å²) in [7, 11) is -1.22. The highest BCUT2D eigenvalue weighted by Crippen LogP contribution is 2.22. The predicted octanol–water partition coefficient (Wildman–Crippen LogP) is 2.81. The van der Waals surface area contributed by atoms with Crippen LogP contribution in [0.15, 0.2) is 54.6 Å². The lowest BCUT2D eigenvalue weighted by atomic mass is 10.2. The predicted molar refractivity (Wildman–Crippen MR) is 85.8 cm³/mol. The number of hydrogen-bond donors (Lipinski definition) is 0. The molecule has 0 fully saturated rings. The van der Waals surface area contributed by atoms with Crippen molar-refractivity contribution < 1.29 is 8.60 Å². The minimum absolute atomic E-state index is 0.223. The number of hydrogen-bond acceptors (Lipinski definition) is 4. The van der Waals surface area contributed by atoms with Crippen LogP contribution in [-0.2, 0) is 16.6 Å². The van der Waals surface area contributed by atoms with Crippen molar-refractivity contribution in [2.45, 2.75) is 17.9 Å². The van der Waals surface area contributed by atoms with Crippen molar-refractivity contribution in [2.75, 3.05) is 0 Å². The van der Waals surface area contributed by atoms with E-state index < -0.39 is 10.8 Å². The van der Waals surface area contributed by atoms with Gasteiger partial charge in [-0.05, 0) is 47.2 Å². The van der Waals surface area contributed by atoms with Crippen LogP contribution in [0, 0.1) is 5.82 Å². The van der Waals surface area contributed by atoms with Gasteiger partial charge in [0, 0.05) is 10.8 Å². The molecule has 2 atom stereocenters. The van der Waals surface area contributed by atoms with Crippen molar-refractivity contribution in [3.05, 3.63) is 71.8 Å². The van der Waals surface area contributed by atoms with Gasteiger partial charge in [0.15, 0.2) is 5.82 Å². The number of tetrazole rings is 1. The van der Waals surface area contributed by atoms with Crippen LogP contribution in [0.2, 0.25) is 0 Å². The highest BCUT2D eigenvalue weighted by Gasteiger charge is 2.18. The number of rotatable bonds is 5. The molecule has 0 saturated carbocycles. The Morgan fingerprint density at radius 1 is 1.13 bits per heavy atom. The van der Waals surface area contributed by atoms with E-state index in [2.05, 4.69) is 15.5 Å². The van der Waals surface area contributed by atoms with Gasteiger partial charge in [-0.2, -0.15) is 4.68 Å². The van der Waals surface area contributed by atoms with Gasteiger partial charge in [-0.15, -0.1) is 5.10 Å². The van der Waals surface area contributed by atoms with Gasteiger partial charge in [-0.1, -0.05) is 30.3 Å². The average molecular weight is 330 g/mol. The summed E-state index contributed by atoms with van der Waals surface area (Å²) >= 11 is 0. The molecule has 0 saturated heterocycles. The third-order valence-corrected chi connectivity index (χ3v) is 5.14. The molecule has 7 heteroatoms. The summed E-state index contributed by atoms with van der Waals surface area (Å²) < 4.78 is 27.2. The van der Waals surface area contributed by atoms with Gasteiger partial charge in [0.25, 0.3) is 0 Å². The fraction of sp³-hybridized carbons (Fsp3) is 0.188. The Hall–Kier alpha value is -2.41. The van der Waals surface area contributed by atoms with Gasteiger partial charge < -0.3 is 0 Å². The number of aromatic nitrogens is 4. The lowest BCUT2D eigenvalue weighted by molar-refractivity contribution is 0.626. The van der Waals surface area contributed by atoms with E-state index in [1.807, 2.05) is 37.3 Å². The second-order valence-corrected chi connectivity index (χ2v) is 6.82. The maximum atomic E-state index is 13.0. The highest BCUT2D eigenvalue weighted by atomic mass is 32.2. The first-order valence-electron chi connectivity index (χ1n) is 7.10. The van der Waals surface area contributed by atoms with E-state index in [1.165, 1.54) is 12.1 Å². The van der Waals surface area contributed by atoms with Crippen LogP contribution in [0.5, 0.6) is 0 Å². The molecular weight excluding hydrogens is 315 g/mol. The van der Waals surface area contributed by atoms with Gasteiger partial charge in [0.05, 0.1) is 16.7 Å². The number of benzene rings is 2. The van der Waals surface area contributed by atoms with Crippen LogP contribution in [0.1, 0.15) is 23.6 Å². The summed E-state index contributed by atoms with van der Waals surface area (Å²) in [5.74, 6) is 0.448. The van der Waals surface area contributed by atoms with E-state index in [9.17, 15) is 8.60 Å². The molecule has 1 aromatic heterocycles. The van der Waals surface area contributed by atoms with Gasteiger partial charge in [-0.25, -0.2) is 4.39 Å². The molecular formula is C16H15FN4OS. The van der Waals surface area contributed by atoms with E-state index in [0.717, 1.165) is 11.3 Å². The second-order valence-electron chi connectivity index (χ2n) is 5.06. The summed E-state index contributed by atoms with van der Waals surface area (Å²) in [5.41, 5.74) is 1.64. The average Bonchev–Trinajstić information content (AvgIpc) is 3.04. The molecule has 3 aromatic rings. The largest absolute Gasteiger partial charge is 0.258 e. The monoisotopic (exact) mass is 330 g/mol. The fourth-order valence-electron chi connectivity index (χ4n) is 2.20. The normalized spacial score (nSPS) is 13.7. The molecule has 0 amide bonds. The molecule has 0 spiro atoms. The van der Waals surface area contributed by atoms with Crippen molar-refractivity contribution in [1.29, 1.82) is 0 Å². The van der Waals surface area contributed by atoms with Crippen LogP contribution in [0.3, 0.4) is 0 Å². The maximum absolute atomic E-state index is 13.0. The Kier molecular flexibility index (Phi) is 4.57. The molecule has 2 aromatic carbocycles. The molecule has 0 radical (unpaired) electrons. The van der Waals surface area contributed by atoms with E-state index in [4.69, 9.17) is 0 Å². The van der Waals surface area contributed by atoms with E-state index >= 15 is 0 Å². The minimum Gasteiger partial charge on any atom is -0.258 e. The van der Waals surface area contributed by atoms with E-state index in [-0.39, 0.29) is 16.8 Å². The molecule has 3 rings (SSSR count). The molecule has 0 unspecified atom stereocenters. The minimum atomic E-state index is -1.22. The SMILES string of the molecule is C[C@@H](c1ccc(F)cc1)[S@@](=O)Cc1nnnn1-c1ccccc1. The number of halogens is 1. The molecule has 5 nitrogen and oxygen atoms in total. The number of nitrogens with zero attached hydrogens (tertiary/aromatic N) is 4. The molecule has 0 aliphatic carbocycles. The Balaban J connectivity index is 1.79. The van der Waals surface area contributed by atoms with Crippen molar-refractivity contribution in [1.82, 2.24) is 20.2 Å². The standard InChI is InChI=1S/C16H15FN4OS/c1-12(13-7-9-14(17)10-8-13)23(22)11-16-18-19-20-21(16)15-5-3-2-4-6-15/h2-10,12H,11H2,1H3/t12-,23-/m0/s1. The summed E-state index contributed by atoms with van der Waals surface area (Å²) in [4.78, 5) is 0. The van der Waals surface area contributed by atoms with Crippen LogP contribution in [0.4, 0.5) is 4.39 Å². The molecule has 23 heavy (non-hydrogen) atoms. The third-order valence-electron chi connectivity index (χ3n) is 3.54. The van der Waals surface area contributed by atoms with Crippen LogP contribution in [0.25, 0.3) is 5.69 Å². The third kappa shape index (κ3) is 3.50. The summed E-state index contributed by atoms with van der Waals surface area (Å²) in [6.45, 7) is 1.85. The molecule has 0 N–H and O–H groups in total. The van der Waals surface area contributed by atoms with Crippen LogP contribution in [-0.4, -0.2) is 24.4 Å². The summed E-state index contributed by atoms with van der Waals surface area (Å²) in [6.07, 6.45) is 0. The molecule has 1 heterocycles. The first kappa shape index (κ1) is 15.5. The molecule has 118 valence electrons. The first-order valence-corrected chi connectivity index (χ1v) is 8.48. The fourth-order valence-corrected chi connectivity index (χ4v) is 3.35. The van der Waals surface area contributed by atoms with Crippen molar-refractivity contribution in [2.24, 2.45) is 0 Å². The summed E-state index contributed by atoms with van der Waals surface area (Å²) in [5, 5.41) is 11.4. The molecule has 0 bridgehead atoms. The van der Waals surface area contributed by atoms with Crippen molar-refractivity contribution >= 4 is 10.8 Å². The van der Waals surface area contributed by atoms with Gasteiger partial charge in [0.1, 0.15) is 5.82 Å². The second kappa shape index (κ2) is 6.78. The highest BCUT2D eigenvalue weighted by molar-refractivity contribution is 7.84. The Labute approximate surface area is 135 Å². The van der Waals surface area contributed by atoms with E-state index in [0.29, 0.717) is 5.82 Å². The Bertz CT molecular complexity index is 804. The van der Waals surface area contributed by atoms with Crippen molar-refractivity contribution in [3.63, 3.8) is 0 Å². The lowest BCUT2D eigenvalue weighted by Crippen LogP contribution is -2.10. The lowest BCUT2D eigenvalue weighted by Gasteiger charge is -2.11. The van der Waals surface area contributed by atoms with Crippen LogP contribution < -0.4 is 0 Å². The van der Waals surface area contributed by atoms with E-state index in [1.54, 1.807) is 16.8 Å². The topological polar surface area (TPSA) is 60.7 Å². The smallest absolute Gasteiger partial charge is 0.169 e. The maximum Gasteiger partial charge on any atom is 0.169 e. The number of para-hydroxylation sites is 1. The van der Waals surface area contributed by atoms with Gasteiger partial charge >= 0.3 is 0 Å². The Morgan fingerprint density at radius 2 is 1.83 bits per heavy atom. The zero-order chi connectivity index (χ0) is 16.2. The van der Waals surface area contributed by atoms with Gasteiger partial charge in [0.2, 0.25) is 0 Å². The molecule has 0 aliphatic rings. The van der Waals surface area contributed by atoms with Gasteiger partial charge in [-0.3, -0.25) is 4.21 Å². The quantitative estimate of drug-likeness (QED) is 0.722. The zero-order valence-electron chi connectivity index (χ0n) is 12.5.